The van der Waals surface area contributed by atoms with Gasteiger partial charge in [0.25, 0.3) is 0 Å². The lowest BCUT2D eigenvalue weighted by atomic mass is 9.90. The Kier molecular flexibility index (Phi) is 7.45. The normalized spacial score (nSPS) is 18.9. The Morgan fingerprint density at radius 2 is 1.79 bits per heavy atom. The molecule has 1 saturated carbocycles. The number of rotatable bonds is 7. The fourth-order valence-electron chi connectivity index (χ4n) is 3.68. The topological polar surface area (TPSA) is 67.4 Å². The van der Waals surface area contributed by atoms with Crippen LogP contribution >= 0.6 is 0 Å². The van der Waals surface area contributed by atoms with Crippen LogP contribution in [0.2, 0.25) is 0 Å². The van der Waals surface area contributed by atoms with Gasteiger partial charge in [-0.15, -0.1) is 0 Å². The fraction of sp³-hybridized carbons (Fsp3) is 0.333. The van der Waals surface area contributed by atoms with E-state index in [0.717, 1.165) is 42.6 Å². The number of hydrogen-bond donors (Lipinski definition) is 2. The molecule has 2 amide bonds. The molecule has 2 aromatic carbocycles. The van der Waals surface area contributed by atoms with E-state index >= 15 is 0 Å². The molecule has 5 heteroatoms. The quantitative estimate of drug-likeness (QED) is 0.709. The third kappa shape index (κ3) is 6.79. The van der Waals surface area contributed by atoms with E-state index < -0.39 is 0 Å². The van der Waals surface area contributed by atoms with Crippen molar-refractivity contribution in [3.05, 3.63) is 71.8 Å². The van der Waals surface area contributed by atoms with Crippen molar-refractivity contribution < 1.29 is 14.3 Å². The highest BCUT2D eigenvalue weighted by Gasteiger charge is 2.24. The largest absolute Gasteiger partial charge is 0.497 e. The lowest BCUT2D eigenvalue weighted by Crippen LogP contribution is -2.45. The summed E-state index contributed by atoms with van der Waals surface area (Å²) in [6, 6.07) is 17.5. The third-order valence-corrected chi connectivity index (χ3v) is 5.11. The van der Waals surface area contributed by atoms with Crippen LogP contribution in [0.15, 0.2) is 60.7 Å². The Morgan fingerprint density at radius 1 is 1.03 bits per heavy atom. The first-order chi connectivity index (χ1) is 14.1. The molecule has 0 aromatic heterocycles. The summed E-state index contributed by atoms with van der Waals surface area (Å²) >= 11 is 0. The van der Waals surface area contributed by atoms with Gasteiger partial charge >= 0.3 is 0 Å². The Morgan fingerprint density at radius 3 is 2.55 bits per heavy atom. The average molecular weight is 392 g/mol. The molecule has 0 radical (unpaired) electrons. The van der Waals surface area contributed by atoms with Crippen LogP contribution in [0.5, 0.6) is 5.75 Å². The van der Waals surface area contributed by atoms with Gasteiger partial charge < -0.3 is 15.4 Å². The van der Waals surface area contributed by atoms with E-state index in [9.17, 15) is 9.59 Å². The van der Waals surface area contributed by atoms with Crippen molar-refractivity contribution >= 4 is 17.9 Å². The molecule has 29 heavy (non-hydrogen) atoms. The first kappa shape index (κ1) is 20.6. The molecule has 3 rings (SSSR count). The van der Waals surface area contributed by atoms with Crippen molar-refractivity contribution in [3.8, 4) is 5.75 Å². The van der Waals surface area contributed by atoms with Gasteiger partial charge in [-0.05, 0) is 55.0 Å². The molecule has 0 saturated heterocycles. The number of carbonyl (C=O) groups is 2. The van der Waals surface area contributed by atoms with Crippen molar-refractivity contribution in [2.45, 2.75) is 44.2 Å². The van der Waals surface area contributed by atoms with Gasteiger partial charge in [0.05, 0.1) is 13.5 Å². The number of methoxy groups -OCH3 is 1. The zero-order chi connectivity index (χ0) is 20.5. The zero-order valence-corrected chi connectivity index (χ0v) is 16.8. The van der Waals surface area contributed by atoms with E-state index in [-0.39, 0.29) is 23.9 Å². The highest BCUT2D eigenvalue weighted by molar-refractivity contribution is 5.91. The van der Waals surface area contributed by atoms with Gasteiger partial charge in [-0.1, -0.05) is 42.5 Å². The van der Waals surface area contributed by atoms with Crippen LogP contribution in [0, 0.1) is 0 Å². The van der Waals surface area contributed by atoms with Crippen LogP contribution in [0.1, 0.15) is 36.8 Å². The minimum absolute atomic E-state index is 0.000738. The Balaban J connectivity index is 1.46. The van der Waals surface area contributed by atoms with Crippen LogP contribution in [-0.2, 0) is 16.0 Å². The SMILES string of the molecule is COc1cccc(CC(=O)N[C@@H]2CCC[C@@H](NC(=O)/C=C/c3ccccc3)C2)c1. The first-order valence-electron chi connectivity index (χ1n) is 10.1. The lowest BCUT2D eigenvalue weighted by molar-refractivity contribution is -0.121. The summed E-state index contributed by atoms with van der Waals surface area (Å²) in [5.41, 5.74) is 1.92. The molecule has 2 aromatic rings. The van der Waals surface area contributed by atoms with Crippen molar-refractivity contribution in [1.82, 2.24) is 10.6 Å². The van der Waals surface area contributed by atoms with Gasteiger partial charge in [0.15, 0.2) is 0 Å². The highest BCUT2D eigenvalue weighted by atomic mass is 16.5. The second kappa shape index (κ2) is 10.5. The highest BCUT2D eigenvalue weighted by Crippen LogP contribution is 2.19. The number of ether oxygens (including phenoxy) is 1. The molecule has 1 fully saturated rings. The summed E-state index contributed by atoms with van der Waals surface area (Å²) in [5.74, 6) is 0.653. The van der Waals surface area contributed by atoms with Crippen molar-refractivity contribution in [2.24, 2.45) is 0 Å². The summed E-state index contributed by atoms with van der Waals surface area (Å²) in [6.07, 6.45) is 7.33. The second-order valence-corrected chi connectivity index (χ2v) is 7.41. The minimum atomic E-state index is -0.0952. The minimum Gasteiger partial charge on any atom is -0.497 e. The molecule has 1 aliphatic rings. The van der Waals surface area contributed by atoms with E-state index in [1.807, 2.05) is 60.7 Å². The summed E-state index contributed by atoms with van der Waals surface area (Å²) in [5, 5.41) is 6.18. The van der Waals surface area contributed by atoms with E-state index in [0.29, 0.717) is 6.42 Å². The summed E-state index contributed by atoms with van der Waals surface area (Å²) < 4.78 is 5.21. The molecule has 2 N–H and O–H groups in total. The van der Waals surface area contributed by atoms with E-state index in [1.165, 1.54) is 0 Å². The predicted molar refractivity (Wildman–Crippen MR) is 115 cm³/mol. The van der Waals surface area contributed by atoms with Gasteiger partial charge in [0.2, 0.25) is 11.8 Å². The van der Waals surface area contributed by atoms with Crippen LogP contribution < -0.4 is 15.4 Å². The molecular formula is C24H28N2O3. The Labute approximate surface area is 172 Å². The zero-order valence-electron chi connectivity index (χ0n) is 16.8. The van der Waals surface area contributed by atoms with Crippen LogP contribution in [0.25, 0.3) is 6.08 Å². The molecule has 5 nitrogen and oxygen atoms in total. The van der Waals surface area contributed by atoms with Crippen molar-refractivity contribution in [3.63, 3.8) is 0 Å². The van der Waals surface area contributed by atoms with Crippen LogP contribution in [0.4, 0.5) is 0 Å². The average Bonchev–Trinajstić information content (AvgIpc) is 2.73. The number of benzene rings is 2. The predicted octanol–water partition coefficient (Wildman–Crippen LogP) is 3.49. The monoisotopic (exact) mass is 392 g/mol. The van der Waals surface area contributed by atoms with Crippen LogP contribution in [-0.4, -0.2) is 31.0 Å². The maximum absolute atomic E-state index is 12.4. The van der Waals surface area contributed by atoms with Gasteiger partial charge in [-0.3, -0.25) is 9.59 Å². The lowest BCUT2D eigenvalue weighted by Gasteiger charge is -2.30. The van der Waals surface area contributed by atoms with Gasteiger partial charge in [-0.2, -0.15) is 0 Å². The fourth-order valence-corrected chi connectivity index (χ4v) is 3.68. The number of amides is 2. The Hall–Kier alpha value is -3.08. The smallest absolute Gasteiger partial charge is 0.244 e. The molecule has 2 atom stereocenters. The summed E-state index contributed by atoms with van der Waals surface area (Å²) in [6.45, 7) is 0. The molecule has 0 bridgehead atoms. The van der Waals surface area contributed by atoms with Crippen molar-refractivity contribution in [1.29, 1.82) is 0 Å². The van der Waals surface area contributed by atoms with E-state index in [2.05, 4.69) is 10.6 Å². The summed E-state index contributed by atoms with van der Waals surface area (Å²) in [4.78, 5) is 24.6. The molecule has 0 spiro atoms. The van der Waals surface area contributed by atoms with Crippen LogP contribution in [0.3, 0.4) is 0 Å². The number of hydrogen-bond acceptors (Lipinski definition) is 3. The molecule has 0 heterocycles. The Bertz CT molecular complexity index is 848. The van der Waals surface area contributed by atoms with E-state index in [4.69, 9.17) is 4.74 Å². The number of nitrogens with one attached hydrogen (secondary N) is 2. The molecule has 1 aliphatic carbocycles. The van der Waals surface area contributed by atoms with Crippen molar-refractivity contribution in [2.75, 3.05) is 7.11 Å². The van der Waals surface area contributed by atoms with Gasteiger partial charge in [0, 0.05) is 18.2 Å². The van der Waals surface area contributed by atoms with Gasteiger partial charge in [-0.25, -0.2) is 0 Å². The third-order valence-electron chi connectivity index (χ3n) is 5.11. The maximum Gasteiger partial charge on any atom is 0.244 e. The van der Waals surface area contributed by atoms with E-state index in [1.54, 1.807) is 13.2 Å². The summed E-state index contributed by atoms with van der Waals surface area (Å²) in [7, 11) is 1.62. The maximum atomic E-state index is 12.4. The second-order valence-electron chi connectivity index (χ2n) is 7.41. The first-order valence-corrected chi connectivity index (χ1v) is 10.1. The molecule has 152 valence electrons. The number of carbonyl (C=O) groups excluding carboxylic acids is 2. The molecule has 0 unspecified atom stereocenters. The molecule has 0 aliphatic heterocycles. The molecular weight excluding hydrogens is 364 g/mol. The standard InChI is InChI=1S/C24H28N2O3/c1-29-22-12-5-9-19(15-22)16-24(28)26-21-11-6-10-20(17-21)25-23(27)14-13-18-7-3-2-4-8-18/h2-5,7-9,12-15,20-21H,6,10-11,16-17H2,1H3,(H,25,27)(H,26,28)/b14-13+/t20-,21-/m1/s1. The van der Waals surface area contributed by atoms with Gasteiger partial charge in [0.1, 0.15) is 5.75 Å².